The molecule has 2 aliphatic rings. The molecule has 116 valence electrons. The Labute approximate surface area is 139 Å². The van der Waals surface area contributed by atoms with Crippen LogP contribution in [0.1, 0.15) is 35.4 Å². The van der Waals surface area contributed by atoms with Crippen molar-refractivity contribution in [3.05, 3.63) is 44.8 Å². The predicted molar refractivity (Wildman–Crippen MR) is 91.8 cm³/mol. The van der Waals surface area contributed by atoms with E-state index < -0.39 is 0 Å². The number of nitrogens with zero attached hydrogens (tertiary/aromatic N) is 1. The number of carbonyl (C=O) groups excluding carboxylic acids is 1. The van der Waals surface area contributed by atoms with E-state index in [1.54, 1.807) is 22.7 Å². The zero-order valence-corrected chi connectivity index (χ0v) is 14.2. The third-order valence-corrected chi connectivity index (χ3v) is 6.94. The van der Waals surface area contributed by atoms with Gasteiger partial charge >= 0.3 is 0 Å². The van der Waals surface area contributed by atoms with Crippen molar-refractivity contribution in [2.45, 2.75) is 38.8 Å². The first kappa shape index (κ1) is 14.5. The fourth-order valence-corrected chi connectivity index (χ4v) is 5.61. The van der Waals surface area contributed by atoms with Gasteiger partial charge in [0.25, 0.3) is 0 Å². The van der Waals surface area contributed by atoms with Crippen LogP contribution in [-0.2, 0) is 17.9 Å². The van der Waals surface area contributed by atoms with Crippen molar-refractivity contribution in [1.82, 2.24) is 4.90 Å². The maximum atomic E-state index is 13.1. The molecule has 2 nitrogen and oxygen atoms in total. The first-order chi connectivity index (χ1) is 10.8. The highest BCUT2D eigenvalue weighted by molar-refractivity contribution is 7.10. The summed E-state index contributed by atoms with van der Waals surface area (Å²) < 4.78 is 0. The lowest BCUT2D eigenvalue weighted by Crippen LogP contribution is -2.37. The minimum Gasteiger partial charge on any atom is -0.332 e. The number of hydrogen-bond donors (Lipinski definition) is 0. The van der Waals surface area contributed by atoms with E-state index in [0.29, 0.717) is 17.7 Å². The highest BCUT2D eigenvalue weighted by atomic mass is 32.1. The van der Waals surface area contributed by atoms with Crippen LogP contribution in [0.3, 0.4) is 0 Å². The predicted octanol–water partition coefficient (Wildman–Crippen LogP) is 4.77. The van der Waals surface area contributed by atoms with Gasteiger partial charge in [0.15, 0.2) is 0 Å². The minimum absolute atomic E-state index is 0.290. The van der Waals surface area contributed by atoms with Gasteiger partial charge in [-0.05, 0) is 54.0 Å². The topological polar surface area (TPSA) is 20.3 Å². The second kappa shape index (κ2) is 6.17. The summed E-state index contributed by atoms with van der Waals surface area (Å²) in [6, 6.07) is 8.43. The molecule has 2 bridgehead atoms. The fourth-order valence-electron chi connectivity index (χ4n) is 4.17. The maximum absolute atomic E-state index is 13.1. The summed E-state index contributed by atoms with van der Waals surface area (Å²) in [7, 11) is 0. The summed E-state index contributed by atoms with van der Waals surface area (Å²) in [5.74, 6) is 2.17. The van der Waals surface area contributed by atoms with Crippen molar-refractivity contribution in [2.24, 2.45) is 17.8 Å². The lowest BCUT2D eigenvalue weighted by Gasteiger charge is -2.29. The Morgan fingerprint density at radius 1 is 1.05 bits per heavy atom. The van der Waals surface area contributed by atoms with Crippen LogP contribution in [0.2, 0.25) is 0 Å². The zero-order chi connectivity index (χ0) is 14.9. The lowest BCUT2D eigenvalue weighted by molar-refractivity contribution is -0.138. The van der Waals surface area contributed by atoms with Gasteiger partial charge in [-0.2, -0.15) is 0 Å². The molecule has 2 saturated carbocycles. The summed E-state index contributed by atoms with van der Waals surface area (Å²) in [6.45, 7) is 1.53. The molecule has 4 rings (SSSR count). The lowest BCUT2D eigenvalue weighted by atomic mass is 9.87. The van der Waals surface area contributed by atoms with Crippen molar-refractivity contribution in [3.8, 4) is 0 Å². The van der Waals surface area contributed by atoms with Gasteiger partial charge in [-0.1, -0.05) is 18.6 Å². The van der Waals surface area contributed by atoms with E-state index in [2.05, 4.69) is 39.9 Å². The van der Waals surface area contributed by atoms with Crippen molar-refractivity contribution < 1.29 is 4.79 Å². The number of rotatable bonds is 5. The van der Waals surface area contributed by atoms with E-state index in [4.69, 9.17) is 0 Å². The smallest absolute Gasteiger partial charge is 0.226 e. The van der Waals surface area contributed by atoms with Crippen LogP contribution in [0, 0.1) is 17.8 Å². The highest BCUT2D eigenvalue weighted by Gasteiger charge is 2.44. The van der Waals surface area contributed by atoms with Crippen LogP contribution >= 0.6 is 22.7 Å². The Balaban J connectivity index is 1.52. The summed E-state index contributed by atoms with van der Waals surface area (Å²) >= 11 is 3.50. The molecule has 4 heteroatoms. The van der Waals surface area contributed by atoms with E-state index in [0.717, 1.165) is 25.4 Å². The molecule has 2 aromatic heterocycles. The standard InChI is InChI=1S/C18H21NOS2/c20-18(17-10-13-5-6-14(17)9-13)19(11-15-3-1-7-21-15)12-16-4-2-8-22-16/h1-4,7-8,13-14,17H,5-6,9-12H2. The van der Waals surface area contributed by atoms with Gasteiger partial charge in [-0.3, -0.25) is 4.79 Å². The molecular weight excluding hydrogens is 310 g/mol. The molecule has 2 heterocycles. The second-order valence-electron chi connectivity index (χ2n) is 6.63. The third kappa shape index (κ3) is 2.86. The average molecular weight is 332 g/mol. The molecule has 0 radical (unpaired) electrons. The van der Waals surface area contributed by atoms with Crippen molar-refractivity contribution in [2.75, 3.05) is 0 Å². The van der Waals surface area contributed by atoms with E-state index in [-0.39, 0.29) is 0 Å². The van der Waals surface area contributed by atoms with Crippen molar-refractivity contribution in [3.63, 3.8) is 0 Å². The molecule has 2 aliphatic carbocycles. The fraction of sp³-hybridized carbons (Fsp3) is 0.500. The van der Waals surface area contributed by atoms with Crippen LogP contribution in [0.25, 0.3) is 0 Å². The molecule has 0 spiro atoms. The molecule has 0 N–H and O–H groups in total. The number of amides is 1. The Morgan fingerprint density at radius 2 is 1.73 bits per heavy atom. The first-order valence-electron chi connectivity index (χ1n) is 8.13. The van der Waals surface area contributed by atoms with E-state index in [1.165, 1.54) is 29.0 Å². The van der Waals surface area contributed by atoms with Crippen LogP contribution < -0.4 is 0 Å². The maximum Gasteiger partial charge on any atom is 0.226 e. The number of carbonyl (C=O) groups is 1. The summed E-state index contributed by atoms with van der Waals surface area (Å²) in [6.07, 6.45) is 5.05. The Hall–Kier alpha value is -1.13. The molecule has 0 aliphatic heterocycles. The molecule has 0 saturated heterocycles. The summed E-state index contributed by atoms with van der Waals surface area (Å²) in [5.41, 5.74) is 0. The van der Waals surface area contributed by atoms with Gasteiger partial charge < -0.3 is 4.90 Å². The SMILES string of the molecule is O=C(C1CC2CCC1C2)N(Cc1cccs1)Cc1cccs1. The van der Waals surface area contributed by atoms with Crippen molar-refractivity contribution >= 4 is 28.6 Å². The first-order valence-corrected chi connectivity index (χ1v) is 9.89. The quantitative estimate of drug-likeness (QED) is 0.772. The summed E-state index contributed by atoms with van der Waals surface area (Å²) in [5, 5.41) is 4.20. The Kier molecular flexibility index (Phi) is 4.05. The Bertz CT molecular complexity index is 583. The summed E-state index contributed by atoms with van der Waals surface area (Å²) in [4.78, 5) is 17.8. The number of thiophene rings is 2. The van der Waals surface area contributed by atoms with Crippen molar-refractivity contribution in [1.29, 1.82) is 0 Å². The molecule has 1 amide bonds. The Morgan fingerprint density at radius 3 is 2.18 bits per heavy atom. The van der Waals surface area contributed by atoms with E-state index in [1.807, 2.05) is 0 Å². The molecule has 3 atom stereocenters. The van der Waals surface area contributed by atoms with Gasteiger partial charge in [-0.15, -0.1) is 22.7 Å². The number of fused-ring (bicyclic) bond motifs is 2. The minimum atomic E-state index is 0.290. The van der Waals surface area contributed by atoms with Gasteiger partial charge in [0.05, 0.1) is 13.1 Å². The van der Waals surface area contributed by atoms with Crippen LogP contribution in [0.15, 0.2) is 35.0 Å². The molecule has 2 aromatic rings. The van der Waals surface area contributed by atoms with Gasteiger partial charge in [0.2, 0.25) is 5.91 Å². The largest absolute Gasteiger partial charge is 0.332 e. The van der Waals surface area contributed by atoms with E-state index in [9.17, 15) is 4.79 Å². The van der Waals surface area contributed by atoms with E-state index >= 15 is 0 Å². The third-order valence-electron chi connectivity index (χ3n) is 5.22. The van der Waals surface area contributed by atoms with Crippen LogP contribution in [0.4, 0.5) is 0 Å². The zero-order valence-electron chi connectivity index (χ0n) is 12.6. The number of hydrogen-bond acceptors (Lipinski definition) is 3. The second-order valence-corrected chi connectivity index (χ2v) is 8.70. The molecular formula is C18H21NOS2. The van der Waals surface area contributed by atoms with Gasteiger partial charge in [0, 0.05) is 15.7 Å². The molecule has 3 unspecified atom stereocenters. The highest BCUT2D eigenvalue weighted by Crippen LogP contribution is 2.49. The average Bonchev–Trinajstić information content (AvgIpc) is 3.30. The molecule has 2 fully saturated rings. The monoisotopic (exact) mass is 331 g/mol. The van der Waals surface area contributed by atoms with Gasteiger partial charge in [-0.25, -0.2) is 0 Å². The van der Waals surface area contributed by atoms with Gasteiger partial charge in [0.1, 0.15) is 0 Å². The van der Waals surface area contributed by atoms with Crippen LogP contribution in [-0.4, -0.2) is 10.8 Å². The normalized spacial score (nSPS) is 26.5. The van der Waals surface area contributed by atoms with Crippen LogP contribution in [0.5, 0.6) is 0 Å². The molecule has 22 heavy (non-hydrogen) atoms. The molecule has 0 aromatic carbocycles.